The summed E-state index contributed by atoms with van der Waals surface area (Å²) >= 11 is 0. The van der Waals surface area contributed by atoms with Crippen LogP contribution >= 0.6 is 0 Å². The lowest BCUT2D eigenvalue weighted by Gasteiger charge is -2.39. The van der Waals surface area contributed by atoms with Crippen molar-refractivity contribution in [1.82, 2.24) is 4.90 Å². The van der Waals surface area contributed by atoms with Gasteiger partial charge in [-0.3, -0.25) is 0 Å². The molecule has 1 heterocycles. The Balaban J connectivity index is 1.75. The lowest BCUT2D eigenvalue weighted by Crippen LogP contribution is -2.40. The Morgan fingerprint density at radius 3 is 2.50 bits per heavy atom. The van der Waals surface area contributed by atoms with E-state index in [1.165, 1.54) is 32.0 Å². The first-order valence-electron chi connectivity index (χ1n) is 7.65. The van der Waals surface area contributed by atoms with Gasteiger partial charge in [-0.1, -0.05) is 12.1 Å². The van der Waals surface area contributed by atoms with E-state index in [0.29, 0.717) is 6.04 Å². The molecule has 2 nitrogen and oxygen atoms in total. The molecule has 1 aliphatic carbocycles. The highest BCUT2D eigenvalue weighted by Gasteiger charge is 2.39. The third-order valence-corrected chi connectivity index (χ3v) is 5.06. The summed E-state index contributed by atoms with van der Waals surface area (Å²) in [6.07, 6.45) is 6.45. The second-order valence-corrected chi connectivity index (χ2v) is 6.18. The Labute approximate surface area is 120 Å². The van der Waals surface area contributed by atoms with Crippen molar-refractivity contribution in [2.75, 3.05) is 13.1 Å². The molecular formula is C17H21FN2. The molecule has 1 saturated carbocycles. The van der Waals surface area contributed by atoms with E-state index in [1.54, 1.807) is 12.1 Å². The smallest absolute Gasteiger partial charge is 0.123 e. The number of halogens is 1. The van der Waals surface area contributed by atoms with Crippen molar-refractivity contribution in [1.29, 1.82) is 5.26 Å². The van der Waals surface area contributed by atoms with Gasteiger partial charge in [0.15, 0.2) is 0 Å². The zero-order valence-corrected chi connectivity index (χ0v) is 11.8. The minimum Gasteiger partial charge on any atom is -0.300 e. The maximum atomic E-state index is 13.4. The minimum absolute atomic E-state index is 0.237. The Hall–Kier alpha value is -1.40. The third-order valence-electron chi connectivity index (χ3n) is 5.06. The summed E-state index contributed by atoms with van der Waals surface area (Å²) < 4.78 is 13.4. The molecule has 0 N–H and O–H groups in total. The van der Waals surface area contributed by atoms with Crippen LogP contribution in [-0.2, 0) is 5.41 Å². The molecule has 20 heavy (non-hydrogen) atoms. The van der Waals surface area contributed by atoms with Crippen LogP contribution in [0.5, 0.6) is 0 Å². The highest BCUT2D eigenvalue weighted by Crippen LogP contribution is 2.41. The molecule has 3 rings (SSSR count). The molecule has 2 aliphatic rings. The van der Waals surface area contributed by atoms with Gasteiger partial charge in [0, 0.05) is 6.04 Å². The zero-order chi connectivity index (χ0) is 14.0. The van der Waals surface area contributed by atoms with Gasteiger partial charge >= 0.3 is 0 Å². The van der Waals surface area contributed by atoms with Gasteiger partial charge in [0.25, 0.3) is 0 Å². The van der Waals surface area contributed by atoms with Gasteiger partial charge < -0.3 is 4.90 Å². The van der Waals surface area contributed by atoms with Crippen LogP contribution in [0.2, 0.25) is 0 Å². The topological polar surface area (TPSA) is 27.0 Å². The Bertz CT molecular complexity index is 506. The molecule has 0 atom stereocenters. The first-order chi connectivity index (χ1) is 9.73. The third kappa shape index (κ3) is 2.45. The predicted molar refractivity (Wildman–Crippen MR) is 76.8 cm³/mol. The second kappa shape index (κ2) is 5.54. The zero-order valence-electron chi connectivity index (χ0n) is 11.8. The molecule has 1 aromatic carbocycles. The summed E-state index contributed by atoms with van der Waals surface area (Å²) in [5.74, 6) is -0.237. The lowest BCUT2D eigenvalue weighted by atomic mass is 9.69. The van der Waals surface area contributed by atoms with Crippen molar-refractivity contribution in [3.05, 3.63) is 35.6 Å². The maximum absolute atomic E-state index is 13.4. The van der Waals surface area contributed by atoms with Crippen LogP contribution in [0.1, 0.15) is 44.1 Å². The first kappa shape index (κ1) is 13.6. The molecule has 2 fully saturated rings. The Morgan fingerprint density at radius 2 is 1.90 bits per heavy atom. The summed E-state index contributed by atoms with van der Waals surface area (Å²) in [6.45, 7) is 2.42. The van der Waals surface area contributed by atoms with Crippen LogP contribution in [0, 0.1) is 17.1 Å². The van der Waals surface area contributed by atoms with Gasteiger partial charge in [0.1, 0.15) is 5.82 Å². The fourth-order valence-corrected chi connectivity index (χ4v) is 3.82. The van der Waals surface area contributed by atoms with E-state index in [0.717, 1.165) is 31.2 Å². The van der Waals surface area contributed by atoms with Crippen molar-refractivity contribution in [2.45, 2.75) is 50.0 Å². The average Bonchev–Trinajstić information content (AvgIpc) is 3.01. The predicted octanol–water partition coefficient (Wildman–Crippen LogP) is 3.63. The van der Waals surface area contributed by atoms with E-state index in [2.05, 4.69) is 11.0 Å². The van der Waals surface area contributed by atoms with Crippen LogP contribution in [0.25, 0.3) is 0 Å². The number of hydrogen-bond acceptors (Lipinski definition) is 2. The molecule has 0 bridgehead atoms. The molecular weight excluding hydrogens is 251 g/mol. The first-order valence-corrected chi connectivity index (χ1v) is 7.65. The molecule has 106 valence electrons. The quantitative estimate of drug-likeness (QED) is 0.822. The van der Waals surface area contributed by atoms with Gasteiger partial charge in [-0.25, -0.2) is 4.39 Å². The number of benzene rings is 1. The molecule has 1 saturated heterocycles. The number of nitriles is 1. The molecule has 0 spiro atoms. The van der Waals surface area contributed by atoms with Gasteiger partial charge in [-0.2, -0.15) is 5.26 Å². The molecule has 1 aliphatic heterocycles. The van der Waals surface area contributed by atoms with E-state index in [-0.39, 0.29) is 5.82 Å². The maximum Gasteiger partial charge on any atom is 0.123 e. The van der Waals surface area contributed by atoms with E-state index in [9.17, 15) is 9.65 Å². The van der Waals surface area contributed by atoms with Crippen LogP contribution in [0.4, 0.5) is 4.39 Å². The fraction of sp³-hybridized carbons (Fsp3) is 0.588. The molecule has 0 unspecified atom stereocenters. The summed E-state index contributed by atoms with van der Waals surface area (Å²) in [6, 6.07) is 9.73. The molecule has 3 heteroatoms. The van der Waals surface area contributed by atoms with Crippen LogP contribution < -0.4 is 0 Å². The highest BCUT2D eigenvalue weighted by molar-refractivity contribution is 5.33. The van der Waals surface area contributed by atoms with Crippen molar-refractivity contribution in [2.24, 2.45) is 0 Å². The van der Waals surface area contributed by atoms with Crippen LogP contribution in [0.15, 0.2) is 24.3 Å². The van der Waals surface area contributed by atoms with Gasteiger partial charge in [-0.15, -0.1) is 0 Å². The summed E-state index contributed by atoms with van der Waals surface area (Å²) in [7, 11) is 0. The Kier molecular flexibility index (Phi) is 3.76. The number of likely N-dealkylation sites (tertiary alicyclic amines) is 1. The second-order valence-electron chi connectivity index (χ2n) is 6.18. The molecule has 0 aromatic heterocycles. The summed E-state index contributed by atoms with van der Waals surface area (Å²) in [5, 5.41) is 9.65. The van der Waals surface area contributed by atoms with E-state index in [4.69, 9.17) is 0 Å². The largest absolute Gasteiger partial charge is 0.300 e. The van der Waals surface area contributed by atoms with Crippen LogP contribution in [0.3, 0.4) is 0 Å². The van der Waals surface area contributed by atoms with E-state index in [1.807, 2.05) is 6.07 Å². The number of nitrogens with zero attached hydrogens (tertiary/aromatic N) is 2. The average molecular weight is 272 g/mol. The fourth-order valence-electron chi connectivity index (χ4n) is 3.82. The normalized spacial score (nSPS) is 31.1. The number of hydrogen-bond donors (Lipinski definition) is 0. The highest BCUT2D eigenvalue weighted by atomic mass is 19.1. The lowest BCUT2D eigenvalue weighted by molar-refractivity contribution is 0.165. The van der Waals surface area contributed by atoms with E-state index < -0.39 is 5.41 Å². The summed E-state index contributed by atoms with van der Waals surface area (Å²) in [4.78, 5) is 2.58. The molecule has 1 aromatic rings. The summed E-state index contributed by atoms with van der Waals surface area (Å²) in [5.41, 5.74) is 0.387. The van der Waals surface area contributed by atoms with Crippen LogP contribution in [-0.4, -0.2) is 24.0 Å². The minimum atomic E-state index is -0.474. The van der Waals surface area contributed by atoms with Crippen molar-refractivity contribution < 1.29 is 4.39 Å². The van der Waals surface area contributed by atoms with Gasteiger partial charge in [0.2, 0.25) is 0 Å². The Morgan fingerprint density at radius 1 is 1.20 bits per heavy atom. The molecule has 0 radical (unpaired) electrons. The van der Waals surface area contributed by atoms with E-state index >= 15 is 0 Å². The monoisotopic (exact) mass is 272 g/mol. The molecule has 0 amide bonds. The number of rotatable bonds is 2. The SMILES string of the molecule is N#CC1(c2cccc(F)c2)CCC(N2CCCC2)CC1. The standard InChI is InChI=1S/C17H21FN2/c18-15-5-3-4-14(12-15)17(13-19)8-6-16(7-9-17)20-10-1-2-11-20/h3-5,12,16H,1-2,6-11H2. The van der Waals surface area contributed by atoms with Crippen molar-refractivity contribution in [3.8, 4) is 6.07 Å². The van der Waals surface area contributed by atoms with Crippen molar-refractivity contribution in [3.63, 3.8) is 0 Å². The van der Waals surface area contributed by atoms with Gasteiger partial charge in [-0.05, 0) is 69.3 Å². The van der Waals surface area contributed by atoms with Crippen molar-refractivity contribution >= 4 is 0 Å². The van der Waals surface area contributed by atoms with Gasteiger partial charge in [0.05, 0.1) is 11.5 Å².